The van der Waals surface area contributed by atoms with Crippen LogP contribution in [0.15, 0.2) is 24.5 Å². The minimum atomic E-state index is -0.964. The smallest absolute Gasteiger partial charge is 0.305 e. The number of aromatic nitrogens is 1. The summed E-state index contributed by atoms with van der Waals surface area (Å²) in [7, 11) is 0. The standard InChI is InChI=1S/C13H17N3O3/c1-9(10-2-4-14-5-3-10)16-7-6-15-13(19)11(16)8-12(17)18/h2-5,9,11H,6-8H2,1H3,(H,15,19)(H,17,18). The quantitative estimate of drug-likeness (QED) is 0.822. The lowest BCUT2D eigenvalue weighted by Crippen LogP contribution is -2.56. The number of nitrogens with one attached hydrogen (secondary N) is 1. The van der Waals surface area contributed by atoms with Crippen LogP contribution in [-0.4, -0.2) is 46.0 Å². The lowest BCUT2D eigenvalue weighted by molar-refractivity contribution is -0.143. The Morgan fingerprint density at radius 3 is 2.89 bits per heavy atom. The Kier molecular flexibility index (Phi) is 4.11. The minimum absolute atomic E-state index is 0.0154. The van der Waals surface area contributed by atoms with Crippen molar-refractivity contribution in [3.8, 4) is 0 Å². The highest BCUT2D eigenvalue weighted by atomic mass is 16.4. The molecule has 1 fully saturated rings. The first-order chi connectivity index (χ1) is 9.09. The van der Waals surface area contributed by atoms with Gasteiger partial charge in [0.2, 0.25) is 5.91 Å². The molecule has 0 aromatic carbocycles. The second-order valence-electron chi connectivity index (χ2n) is 4.60. The van der Waals surface area contributed by atoms with Gasteiger partial charge in [-0.15, -0.1) is 0 Å². The van der Waals surface area contributed by atoms with Gasteiger partial charge in [0, 0.05) is 31.5 Å². The number of pyridine rings is 1. The number of carbonyl (C=O) groups excluding carboxylic acids is 1. The summed E-state index contributed by atoms with van der Waals surface area (Å²) in [5, 5.41) is 11.7. The number of carbonyl (C=O) groups is 2. The van der Waals surface area contributed by atoms with E-state index in [0.717, 1.165) is 5.56 Å². The van der Waals surface area contributed by atoms with Gasteiger partial charge in [0.05, 0.1) is 6.42 Å². The number of carboxylic acid groups (broad SMARTS) is 1. The number of carboxylic acids is 1. The number of amides is 1. The topological polar surface area (TPSA) is 82.5 Å². The Hall–Kier alpha value is -1.95. The number of nitrogens with zero attached hydrogens (tertiary/aromatic N) is 2. The molecule has 1 saturated heterocycles. The van der Waals surface area contributed by atoms with E-state index in [9.17, 15) is 9.59 Å². The first-order valence-electron chi connectivity index (χ1n) is 6.24. The molecule has 1 aliphatic rings. The summed E-state index contributed by atoms with van der Waals surface area (Å²) in [4.78, 5) is 28.6. The van der Waals surface area contributed by atoms with Gasteiger partial charge >= 0.3 is 5.97 Å². The van der Waals surface area contributed by atoms with Crippen LogP contribution >= 0.6 is 0 Å². The van der Waals surface area contributed by atoms with Crippen LogP contribution in [0.5, 0.6) is 0 Å². The zero-order chi connectivity index (χ0) is 13.8. The van der Waals surface area contributed by atoms with Crippen molar-refractivity contribution in [2.45, 2.75) is 25.4 Å². The zero-order valence-electron chi connectivity index (χ0n) is 10.7. The fourth-order valence-corrected chi connectivity index (χ4v) is 2.40. The normalized spacial score (nSPS) is 21.7. The summed E-state index contributed by atoms with van der Waals surface area (Å²) < 4.78 is 0. The summed E-state index contributed by atoms with van der Waals surface area (Å²) in [5.41, 5.74) is 1.03. The molecular weight excluding hydrogens is 246 g/mol. The van der Waals surface area contributed by atoms with Crippen LogP contribution in [0.4, 0.5) is 0 Å². The molecule has 0 saturated carbocycles. The van der Waals surface area contributed by atoms with E-state index in [0.29, 0.717) is 13.1 Å². The second kappa shape index (κ2) is 5.79. The first-order valence-corrected chi connectivity index (χ1v) is 6.24. The van der Waals surface area contributed by atoms with Gasteiger partial charge in [-0.3, -0.25) is 19.5 Å². The summed E-state index contributed by atoms with van der Waals surface area (Å²) in [6.45, 7) is 3.17. The Labute approximate surface area is 111 Å². The summed E-state index contributed by atoms with van der Waals surface area (Å²) in [5.74, 6) is -1.18. The number of aliphatic carboxylic acids is 1. The third kappa shape index (κ3) is 3.08. The van der Waals surface area contributed by atoms with Crippen molar-refractivity contribution in [2.24, 2.45) is 0 Å². The van der Waals surface area contributed by atoms with E-state index < -0.39 is 12.0 Å². The average Bonchev–Trinajstić information content (AvgIpc) is 2.41. The lowest BCUT2D eigenvalue weighted by atomic mass is 10.0. The molecule has 6 heteroatoms. The molecule has 102 valence electrons. The Balaban J connectivity index is 2.19. The Morgan fingerprint density at radius 2 is 2.26 bits per heavy atom. The molecule has 1 aliphatic heterocycles. The van der Waals surface area contributed by atoms with Gasteiger partial charge in [-0.25, -0.2) is 0 Å². The van der Waals surface area contributed by atoms with E-state index >= 15 is 0 Å². The van der Waals surface area contributed by atoms with Gasteiger partial charge in [0.1, 0.15) is 6.04 Å². The van der Waals surface area contributed by atoms with Gasteiger partial charge in [-0.2, -0.15) is 0 Å². The Bertz CT molecular complexity index is 463. The van der Waals surface area contributed by atoms with Gasteiger partial charge in [-0.1, -0.05) is 0 Å². The summed E-state index contributed by atoms with van der Waals surface area (Å²) >= 11 is 0. The maximum absolute atomic E-state index is 11.8. The van der Waals surface area contributed by atoms with E-state index in [1.807, 2.05) is 24.0 Å². The maximum Gasteiger partial charge on any atom is 0.305 e. The monoisotopic (exact) mass is 263 g/mol. The molecule has 0 aliphatic carbocycles. The van der Waals surface area contributed by atoms with Crippen molar-refractivity contribution in [3.05, 3.63) is 30.1 Å². The predicted molar refractivity (Wildman–Crippen MR) is 68.4 cm³/mol. The van der Waals surface area contributed by atoms with Gasteiger partial charge in [-0.05, 0) is 24.6 Å². The molecule has 2 atom stereocenters. The van der Waals surface area contributed by atoms with Crippen LogP contribution in [0.3, 0.4) is 0 Å². The molecular formula is C13H17N3O3. The maximum atomic E-state index is 11.8. The highest BCUT2D eigenvalue weighted by Crippen LogP contribution is 2.24. The van der Waals surface area contributed by atoms with Crippen LogP contribution in [0.2, 0.25) is 0 Å². The zero-order valence-corrected chi connectivity index (χ0v) is 10.7. The van der Waals surface area contributed by atoms with E-state index in [2.05, 4.69) is 10.3 Å². The van der Waals surface area contributed by atoms with E-state index in [-0.39, 0.29) is 18.4 Å². The van der Waals surface area contributed by atoms with Gasteiger partial charge < -0.3 is 10.4 Å². The number of piperazine rings is 1. The average molecular weight is 263 g/mol. The molecule has 2 N–H and O–H groups in total. The summed E-state index contributed by atoms with van der Waals surface area (Å²) in [6, 6.07) is 3.14. The number of rotatable bonds is 4. The Morgan fingerprint density at radius 1 is 1.58 bits per heavy atom. The van der Waals surface area contributed by atoms with Crippen molar-refractivity contribution < 1.29 is 14.7 Å². The minimum Gasteiger partial charge on any atom is -0.481 e. The molecule has 6 nitrogen and oxygen atoms in total. The van der Waals surface area contributed by atoms with E-state index in [1.165, 1.54) is 0 Å². The SMILES string of the molecule is CC(c1ccncc1)N1CCNC(=O)C1CC(=O)O. The molecule has 2 unspecified atom stereocenters. The van der Waals surface area contributed by atoms with Crippen LogP contribution in [-0.2, 0) is 9.59 Å². The van der Waals surface area contributed by atoms with Crippen LogP contribution in [0, 0.1) is 0 Å². The van der Waals surface area contributed by atoms with Gasteiger partial charge in [0.15, 0.2) is 0 Å². The molecule has 0 radical (unpaired) electrons. The van der Waals surface area contributed by atoms with Gasteiger partial charge in [0.25, 0.3) is 0 Å². The van der Waals surface area contributed by atoms with Crippen LogP contribution in [0.25, 0.3) is 0 Å². The first kappa shape index (κ1) is 13.5. The van der Waals surface area contributed by atoms with Crippen molar-refractivity contribution in [1.29, 1.82) is 0 Å². The van der Waals surface area contributed by atoms with Crippen molar-refractivity contribution in [1.82, 2.24) is 15.2 Å². The third-order valence-corrected chi connectivity index (χ3v) is 3.43. The van der Waals surface area contributed by atoms with E-state index in [1.54, 1.807) is 12.4 Å². The highest BCUT2D eigenvalue weighted by Gasteiger charge is 2.34. The lowest BCUT2D eigenvalue weighted by Gasteiger charge is -2.38. The third-order valence-electron chi connectivity index (χ3n) is 3.43. The van der Waals surface area contributed by atoms with E-state index in [4.69, 9.17) is 5.11 Å². The largest absolute Gasteiger partial charge is 0.481 e. The fraction of sp³-hybridized carbons (Fsp3) is 0.462. The molecule has 1 aromatic heterocycles. The van der Waals surface area contributed by atoms with Crippen LogP contribution < -0.4 is 5.32 Å². The molecule has 2 rings (SSSR count). The molecule has 2 heterocycles. The molecule has 1 aromatic rings. The highest BCUT2D eigenvalue weighted by molar-refractivity contribution is 5.86. The molecule has 0 bridgehead atoms. The van der Waals surface area contributed by atoms with Crippen molar-refractivity contribution in [2.75, 3.05) is 13.1 Å². The molecule has 1 amide bonds. The molecule has 19 heavy (non-hydrogen) atoms. The number of hydrogen-bond donors (Lipinski definition) is 2. The molecule has 0 spiro atoms. The van der Waals surface area contributed by atoms with Crippen molar-refractivity contribution in [3.63, 3.8) is 0 Å². The number of hydrogen-bond acceptors (Lipinski definition) is 4. The predicted octanol–water partition coefficient (Wildman–Crippen LogP) is 0.418. The summed E-state index contributed by atoms with van der Waals surface area (Å²) in [6.07, 6.45) is 3.21. The fourth-order valence-electron chi connectivity index (χ4n) is 2.40. The van der Waals surface area contributed by atoms with Crippen molar-refractivity contribution >= 4 is 11.9 Å². The van der Waals surface area contributed by atoms with Crippen LogP contribution in [0.1, 0.15) is 24.9 Å². The second-order valence-corrected chi connectivity index (χ2v) is 4.60.